The summed E-state index contributed by atoms with van der Waals surface area (Å²) in [7, 11) is 2.15. The third kappa shape index (κ3) is 20.4. The Balaban J connectivity index is 1.05. The molecule has 26 N–H and O–H groups in total. The van der Waals surface area contributed by atoms with E-state index in [2.05, 4.69) is 21.3 Å². The van der Waals surface area contributed by atoms with Crippen molar-refractivity contribution in [1.29, 1.82) is 0 Å². The highest BCUT2D eigenvalue weighted by Gasteiger charge is 2.61. The average molecular weight is 1640 g/mol. The zero-order chi connectivity index (χ0) is 82.3. The zero-order valence-corrected chi connectivity index (χ0v) is 61.0. The molecule has 0 aliphatic carbocycles. The maximum Gasteiger partial charge on any atom is 0.217 e. The number of carbonyl (C=O) groups is 4. The van der Waals surface area contributed by atoms with Crippen molar-refractivity contribution in [3.05, 3.63) is 0 Å². The first-order valence-electron chi connectivity index (χ1n) is 35.8. The van der Waals surface area contributed by atoms with Gasteiger partial charge in [-0.3, -0.25) is 19.2 Å². The second-order valence-corrected chi connectivity index (χ2v) is 28.1. The summed E-state index contributed by atoms with van der Waals surface area (Å²) in [5.74, 6) is -3.51. The summed E-state index contributed by atoms with van der Waals surface area (Å²) in [4.78, 5) is 51.4. The fourth-order valence-corrected chi connectivity index (χ4v) is 14.7. The van der Waals surface area contributed by atoms with Gasteiger partial charge in [-0.1, -0.05) is 0 Å². The van der Waals surface area contributed by atoms with E-state index >= 15 is 0 Å². The lowest BCUT2D eigenvalue weighted by molar-refractivity contribution is -0.405. The van der Waals surface area contributed by atoms with Crippen LogP contribution in [0.25, 0.3) is 0 Å². The lowest BCUT2D eigenvalue weighted by atomic mass is 9.93. The third-order valence-corrected chi connectivity index (χ3v) is 20.5. The molecule has 9 aliphatic rings. The van der Waals surface area contributed by atoms with Crippen LogP contribution in [0.2, 0.25) is 0 Å². The molecule has 0 unspecified atom stereocenters. The fraction of sp³-hybridized carbons (Fsp3) is 0.937. The summed E-state index contributed by atoms with van der Waals surface area (Å²) in [6, 6.07) is -7.26. The molecule has 9 fully saturated rings. The molecule has 4 amide bonds. The molecular weight excluding hydrogens is 1530 g/mol. The predicted octanol–water partition coefficient (Wildman–Crippen LogP) is -18.1. The Labute approximate surface area is 636 Å². The minimum atomic E-state index is -2.39. The van der Waals surface area contributed by atoms with Crippen LogP contribution in [0.3, 0.4) is 0 Å². The summed E-state index contributed by atoms with van der Waals surface area (Å²) in [5.41, 5.74) is 0. The van der Waals surface area contributed by atoms with Crippen LogP contribution in [0, 0.1) is 0 Å². The van der Waals surface area contributed by atoms with Crippen molar-refractivity contribution in [2.45, 2.75) is 298 Å². The number of nitrogens with one attached hydrogen (secondary N) is 4. The molecule has 112 heavy (non-hydrogen) atoms. The van der Waals surface area contributed by atoms with Crippen LogP contribution in [0.15, 0.2) is 0 Å². The first-order valence-corrected chi connectivity index (χ1v) is 35.8. The molecule has 0 aromatic heterocycles. The Kier molecular flexibility index (Phi) is 33.6. The molecule has 0 radical (unpaired) electrons. The molecular formula is C63H106N4O45. The summed E-state index contributed by atoms with van der Waals surface area (Å²) in [6.07, 6.45) is -79.3. The molecule has 0 bridgehead atoms. The van der Waals surface area contributed by atoms with Crippen LogP contribution in [-0.4, -0.2) is 480 Å². The van der Waals surface area contributed by atoms with Crippen molar-refractivity contribution >= 4 is 23.6 Å². The second kappa shape index (κ2) is 40.8. The molecule has 0 aromatic carbocycles. The van der Waals surface area contributed by atoms with Gasteiger partial charge in [0, 0.05) is 41.9 Å². The topological polar surface area (TPSA) is 737 Å². The van der Waals surface area contributed by atoms with Crippen molar-refractivity contribution in [1.82, 2.24) is 21.3 Å². The van der Waals surface area contributed by atoms with E-state index in [1.807, 2.05) is 0 Å². The van der Waals surface area contributed by atoms with Gasteiger partial charge in [-0.05, 0) is 0 Å². The molecule has 49 heteroatoms. The Hall–Kier alpha value is -3.76. The number of hydrogen-bond donors (Lipinski definition) is 26. The largest absolute Gasteiger partial charge is 0.394 e. The van der Waals surface area contributed by atoms with Crippen LogP contribution in [0.1, 0.15) is 27.7 Å². The number of carbonyl (C=O) groups excluding carboxylic acids is 4. The third-order valence-electron chi connectivity index (χ3n) is 20.5. The number of aliphatic hydroxyl groups is 22. The van der Waals surface area contributed by atoms with E-state index in [1.165, 1.54) is 0 Å². The van der Waals surface area contributed by atoms with Gasteiger partial charge in [0.25, 0.3) is 0 Å². The molecule has 0 aromatic rings. The van der Waals surface area contributed by atoms with Crippen LogP contribution in [-0.2, 0) is 109 Å². The van der Waals surface area contributed by atoms with Crippen molar-refractivity contribution in [3.8, 4) is 0 Å². The molecule has 0 spiro atoms. The monoisotopic (exact) mass is 1640 g/mol. The Morgan fingerprint density at radius 1 is 0.286 bits per heavy atom. The Morgan fingerprint density at radius 2 is 0.616 bits per heavy atom. The summed E-state index contributed by atoms with van der Waals surface area (Å²) >= 11 is 0. The van der Waals surface area contributed by atoms with Gasteiger partial charge in [0.15, 0.2) is 56.6 Å². The summed E-state index contributed by atoms with van der Waals surface area (Å²) < 4.78 is 113. The fourth-order valence-electron chi connectivity index (χ4n) is 14.7. The van der Waals surface area contributed by atoms with Crippen molar-refractivity contribution < 1.29 is 222 Å². The average Bonchev–Trinajstić information content (AvgIpc) is 0.766. The number of methoxy groups -OCH3 is 2. The minimum Gasteiger partial charge on any atom is -0.394 e. The lowest BCUT2D eigenvalue weighted by Crippen LogP contribution is -2.71. The van der Waals surface area contributed by atoms with Crippen LogP contribution < -0.4 is 21.3 Å². The molecule has 49 nitrogen and oxygen atoms in total. The SMILES string of the molecule is CO[C@@H]1[C@H](O)[C@@H](O[C@H]2[C@H](O)[C@@H](CO[C@H]3O[C@H](CO)[C@@H](O)[C@H](O)[C@@H]3O[C@@H]3O[C@H](CO)[C@@H](O[C@@H]4O[C@H](CO)[C@H](O)[C@H](O[C@@H]5O[C@H](CO)[C@H](O)[C@H](OC)[C@H]5O)[C@H]4NC(C)=O)[C@H](O)[C@H]3NC(C)=O)O[C@@H](O[C@H]3[C@H](O)[C@@H](NC(C)=O)[C@H](O[C@H]4[C@H](O)[C@@H](NC(C)=O)[C@H](O)O[C@@H]4CO)O[C@@H]3CO)[C@H]2O[C@@H]2OC[C@@H](O)[C@H](O)[C@H]2O)O[C@H](CO)[C@H]1O. The number of rotatable bonds is 30. The normalized spacial score (nSPS) is 48.2. The van der Waals surface area contributed by atoms with Crippen LogP contribution in [0.4, 0.5) is 0 Å². The van der Waals surface area contributed by atoms with Gasteiger partial charge in [0.05, 0.1) is 59.5 Å². The van der Waals surface area contributed by atoms with Crippen molar-refractivity contribution in [2.75, 3.05) is 73.7 Å². The van der Waals surface area contributed by atoms with Gasteiger partial charge in [0.1, 0.15) is 213 Å². The Bertz CT molecular complexity index is 2960. The number of ether oxygens (including phenoxy) is 19. The Morgan fingerprint density at radius 3 is 1.07 bits per heavy atom. The van der Waals surface area contributed by atoms with E-state index in [9.17, 15) is 132 Å². The molecule has 0 saturated carbocycles. The quantitative estimate of drug-likeness (QED) is 0.0318. The molecule has 648 valence electrons. The van der Waals surface area contributed by atoms with Gasteiger partial charge >= 0.3 is 0 Å². The van der Waals surface area contributed by atoms with E-state index in [4.69, 9.17) is 90.0 Å². The minimum absolute atomic E-state index is 0.774. The highest BCUT2D eigenvalue weighted by molar-refractivity contribution is 5.74. The van der Waals surface area contributed by atoms with Crippen LogP contribution in [0.5, 0.6) is 0 Å². The number of amides is 4. The van der Waals surface area contributed by atoms with Crippen molar-refractivity contribution in [3.63, 3.8) is 0 Å². The molecule has 9 heterocycles. The zero-order valence-electron chi connectivity index (χ0n) is 61.0. The summed E-state index contributed by atoms with van der Waals surface area (Å²) in [6.45, 7) is -5.28. The smallest absolute Gasteiger partial charge is 0.217 e. The van der Waals surface area contributed by atoms with E-state index in [0.717, 1.165) is 41.9 Å². The predicted molar refractivity (Wildman–Crippen MR) is 347 cm³/mol. The van der Waals surface area contributed by atoms with E-state index < -0.39 is 353 Å². The number of hydrogen-bond acceptors (Lipinski definition) is 45. The highest BCUT2D eigenvalue weighted by atomic mass is 16.8. The standard InChI is InChI=1S/C63H106N4O45/c1-16(75)64-29-39(86)46(25(11-72)98-55(29)93)106-56-30(65-17(2)76)41(88)48(27(13-74)103-56)108-63-54(112-59-43(90)33(80)20(79)14-96-59)52(110-61-45(92)51(95-6)37(84)24(10-71)101-61)38(85)28(105-63)15-97-62-53(42(89)34(81)21(7-68)102-62)111-57-31(66-18(3)77)40(87)47(26(12-73)104-57)107-58-32(67-19(4)78)49(35(82)22(8-69)99-58)109-60-44(91)50(94-5)36(83)23(9-70)100-60/h20-63,68-74,79-93H,7-15H2,1-6H3,(H,64,75)(H,65,76)(H,66,77)(H,67,78)/t20-,21-,22-,23-,24-,25-,26-,27-,28-,29-,30-,31-,32-,33+,34-,35+,36+,37-,38-,39-,40-,41-,42+,43-,44-,45+,46-,47-,48-,49-,50+,51+,52+,53+,54+,55-,56+,57+,58+,59+,60+,61-,62+,63+/m1/s1. The number of aliphatic hydroxyl groups excluding tert-OH is 22. The molecule has 9 aliphatic heterocycles. The highest BCUT2D eigenvalue weighted by Crippen LogP contribution is 2.41. The summed E-state index contributed by atoms with van der Waals surface area (Å²) in [5, 5.41) is 256. The van der Waals surface area contributed by atoms with E-state index in [1.54, 1.807) is 0 Å². The van der Waals surface area contributed by atoms with Crippen LogP contribution >= 0.6 is 0 Å². The first kappa shape index (κ1) is 92.1. The lowest BCUT2D eigenvalue weighted by Gasteiger charge is -2.51. The van der Waals surface area contributed by atoms with Gasteiger partial charge in [-0.25, -0.2) is 0 Å². The maximum atomic E-state index is 13.2. The molecule has 9 rings (SSSR count). The van der Waals surface area contributed by atoms with Gasteiger partial charge in [-0.2, -0.15) is 0 Å². The van der Waals surface area contributed by atoms with E-state index in [-0.39, 0.29) is 0 Å². The maximum absolute atomic E-state index is 13.2. The molecule has 9 saturated heterocycles. The second-order valence-electron chi connectivity index (χ2n) is 28.1. The first-order chi connectivity index (χ1) is 53.1. The van der Waals surface area contributed by atoms with Gasteiger partial charge < -0.3 is 224 Å². The van der Waals surface area contributed by atoms with Crippen molar-refractivity contribution in [2.24, 2.45) is 0 Å². The van der Waals surface area contributed by atoms with Gasteiger partial charge in [-0.15, -0.1) is 0 Å². The molecule has 44 atom stereocenters. The van der Waals surface area contributed by atoms with Gasteiger partial charge in [0.2, 0.25) is 23.6 Å². The van der Waals surface area contributed by atoms with E-state index in [0.29, 0.717) is 0 Å².